The van der Waals surface area contributed by atoms with Gasteiger partial charge in [0.15, 0.2) is 11.7 Å². The molecule has 1 saturated carbocycles. The van der Waals surface area contributed by atoms with Crippen LogP contribution in [-0.4, -0.2) is 106 Å². The van der Waals surface area contributed by atoms with Crippen LogP contribution in [0, 0.1) is 29.1 Å². The number of hydrogen-bond acceptors (Lipinski definition) is 14. The van der Waals surface area contributed by atoms with Crippen molar-refractivity contribution in [3.8, 4) is 0 Å². The van der Waals surface area contributed by atoms with Gasteiger partial charge in [0.05, 0.1) is 23.3 Å². The summed E-state index contributed by atoms with van der Waals surface area (Å²) in [7, 11) is 0. The summed E-state index contributed by atoms with van der Waals surface area (Å²) in [4.78, 5) is 78.3. The van der Waals surface area contributed by atoms with Gasteiger partial charge in [-0.25, -0.2) is 4.79 Å². The van der Waals surface area contributed by atoms with E-state index in [-0.39, 0.29) is 36.7 Å². The molecule has 2 N–H and O–H groups in total. The molecule has 0 aromatic carbocycles. The van der Waals surface area contributed by atoms with Crippen molar-refractivity contribution in [2.75, 3.05) is 13.2 Å². The second-order valence-corrected chi connectivity index (χ2v) is 14.6. The Hall–Kier alpha value is -3.33. The Balaban J connectivity index is 2.16. The van der Waals surface area contributed by atoms with Crippen molar-refractivity contribution in [1.29, 1.82) is 0 Å². The molecule has 0 unspecified atom stereocenters. The maximum Gasteiger partial charge on any atom is 0.332 e. The number of fused-ring (bicyclic) bond motifs is 3. The SMILES string of the molecule is C=C1/C=C/[C@H](OC(=O)CO)[C@@]2(C)[C@H](OC(C)=O)[C@@H](CC(C)=O)[C@@H](OC(=O)CC(C)C)[C@]3(CO3)[C@@H]2[C@H](OC(C)=O)[C@]2(O)[C@@H](C)C(=O)O[C@H]2[C@H]1Cl. The van der Waals surface area contributed by atoms with Crippen molar-refractivity contribution in [1.82, 2.24) is 0 Å². The number of rotatable bonds is 9. The van der Waals surface area contributed by atoms with E-state index in [0.717, 1.165) is 13.8 Å². The Bertz CT molecular complexity index is 1420. The monoisotopic (exact) mass is 712 g/mol. The van der Waals surface area contributed by atoms with Crippen molar-refractivity contribution in [3.05, 3.63) is 24.3 Å². The van der Waals surface area contributed by atoms with Crippen LogP contribution in [0.15, 0.2) is 24.3 Å². The lowest BCUT2D eigenvalue weighted by Gasteiger charge is -2.60. The van der Waals surface area contributed by atoms with Crippen LogP contribution in [0.5, 0.6) is 0 Å². The standard InChI is InChI=1S/C34H45ClO14/c1-15(2)11-23(40)48-28-21(12-17(4)37)27(45-19(6)38)32(8)22(47-24(41)13-36)10-9-16(3)25(35)29-34(43,18(5)31(42)49-29)30(46-20(7)39)26(32)33(28)14-44-33/h9-10,15,18,21-22,25-30,36,43H,3,11-14H2,1-2,4-8H3/b10-9+/t18-,21+,22-,25-,26+,27+,28+,29-,30-,32+,33-,34-/m0/s1. The number of ether oxygens (including phenoxy) is 6. The lowest BCUT2D eigenvalue weighted by Crippen LogP contribution is -2.74. The van der Waals surface area contributed by atoms with Crippen LogP contribution in [0.25, 0.3) is 0 Å². The predicted octanol–water partition coefficient (Wildman–Crippen LogP) is 1.74. The molecule has 0 aromatic heterocycles. The number of Topliss-reactive ketones (excluding diaryl/α,β-unsaturated/α-hetero) is 1. The van der Waals surface area contributed by atoms with Gasteiger partial charge < -0.3 is 43.4 Å². The van der Waals surface area contributed by atoms with Crippen LogP contribution < -0.4 is 0 Å². The van der Waals surface area contributed by atoms with E-state index in [0.29, 0.717) is 0 Å². The second kappa shape index (κ2) is 14.1. The molecule has 0 amide bonds. The maximum atomic E-state index is 13.4. The van der Waals surface area contributed by atoms with E-state index >= 15 is 0 Å². The van der Waals surface area contributed by atoms with Crippen LogP contribution in [-0.2, 0) is 57.2 Å². The molecule has 0 radical (unpaired) electrons. The minimum absolute atomic E-state index is 0.0339. The minimum Gasteiger partial charge on any atom is -0.461 e. The second-order valence-electron chi connectivity index (χ2n) is 14.1. The molecule has 2 aliphatic heterocycles. The Morgan fingerprint density at radius 2 is 1.61 bits per heavy atom. The van der Waals surface area contributed by atoms with Crippen molar-refractivity contribution < 1.29 is 67.4 Å². The number of alkyl halides is 1. The molecule has 2 heterocycles. The largest absolute Gasteiger partial charge is 0.461 e. The van der Waals surface area contributed by atoms with Crippen LogP contribution in [0.1, 0.15) is 61.3 Å². The van der Waals surface area contributed by atoms with E-state index in [2.05, 4.69) is 6.58 Å². The first-order valence-corrected chi connectivity index (χ1v) is 16.6. The molecule has 1 spiro atoms. The van der Waals surface area contributed by atoms with E-state index in [1.54, 1.807) is 13.8 Å². The molecule has 0 aromatic rings. The van der Waals surface area contributed by atoms with Crippen LogP contribution in [0.4, 0.5) is 0 Å². The third-order valence-corrected chi connectivity index (χ3v) is 10.6. The molecule has 2 aliphatic carbocycles. The number of aliphatic hydroxyl groups is 2. The normalized spacial score (nSPS) is 40.3. The van der Waals surface area contributed by atoms with Crippen LogP contribution in [0.2, 0.25) is 0 Å². The van der Waals surface area contributed by atoms with Crippen molar-refractivity contribution >= 4 is 47.2 Å². The van der Waals surface area contributed by atoms with E-state index < -0.39 is 107 Å². The maximum absolute atomic E-state index is 13.4. The average Bonchev–Trinajstić information content (AvgIpc) is 3.75. The lowest BCUT2D eigenvalue weighted by atomic mass is 9.49. The molecule has 4 rings (SSSR count). The topological polar surface area (TPSA) is 202 Å². The molecule has 14 nitrogen and oxygen atoms in total. The molecule has 49 heavy (non-hydrogen) atoms. The van der Waals surface area contributed by atoms with Gasteiger partial charge in [0, 0.05) is 38.5 Å². The van der Waals surface area contributed by atoms with Gasteiger partial charge in [-0.3, -0.25) is 19.2 Å². The number of esters is 5. The van der Waals surface area contributed by atoms with E-state index in [1.165, 1.54) is 32.9 Å². The third-order valence-electron chi connectivity index (χ3n) is 10.1. The number of hydrogen-bond donors (Lipinski definition) is 2. The molecule has 15 heteroatoms. The first-order chi connectivity index (χ1) is 22.7. The van der Waals surface area contributed by atoms with E-state index in [9.17, 15) is 39.0 Å². The van der Waals surface area contributed by atoms with Gasteiger partial charge in [-0.1, -0.05) is 33.4 Å². The van der Waals surface area contributed by atoms with E-state index in [4.69, 9.17) is 40.0 Å². The summed E-state index contributed by atoms with van der Waals surface area (Å²) in [6.07, 6.45) is -5.27. The summed E-state index contributed by atoms with van der Waals surface area (Å²) in [5.41, 5.74) is -5.84. The molecule has 272 valence electrons. The van der Waals surface area contributed by atoms with Gasteiger partial charge in [0.2, 0.25) is 0 Å². The zero-order chi connectivity index (χ0) is 36.8. The Morgan fingerprint density at radius 3 is 2.12 bits per heavy atom. The Kier molecular flexibility index (Phi) is 11.1. The van der Waals surface area contributed by atoms with Gasteiger partial charge in [-0.05, 0) is 31.4 Å². The zero-order valence-corrected chi connectivity index (χ0v) is 29.4. The van der Waals surface area contributed by atoms with Gasteiger partial charge >= 0.3 is 29.8 Å². The molecule has 0 bridgehead atoms. The molecule has 12 atom stereocenters. The highest BCUT2D eigenvalue weighted by Crippen LogP contribution is 2.64. The number of halogens is 1. The molecular weight excluding hydrogens is 668 g/mol. The van der Waals surface area contributed by atoms with Crippen molar-refractivity contribution in [2.45, 2.75) is 108 Å². The van der Waals surface area contributed by atoms with Crippen molar-refractivity contribution in [2.24, 2.45) is 29.1 Å². The summed E-state index contributed by atoms with van der Waals surface area (Å²) < 4.78 is 35.7. The van der Waals surface area contributed by atoms with Gasteiger partial charge in [-0.2, -0.15) is 0 Å². The summed E-state index contributed by atoms with van der Waals surface area (Å²) >= 11 is 6.81. The highest BCUT2D eigenvalue weighted by Gasteiger charge is 2.80. The zero-order valence-electron chi connectivity index (χ0n) is 28.6. The number of aliphatic hydroxyl groups excluding tert-OH is 1. The number of allylic oxidation sites excluding steroid dienone is 1. The van der Waals surface area contributed by atoms with Gasteiger partial charge in [-0.15, -0.1) is 11.6 Å². The van der Waals surface area contributed by atoms with E-state index in [1.807, 2.05) is 0 Å². The highest BCUT2D eigenvalue weighted by molar-refractivity contribution is 6.23. The highest BCUT2D eigenvalue weighted by atomic mass is 35.5. The Morgan fingerprint density at radius 1 is 1.02 bits per heavy atom. The molecule has 4 aliphatic rings. The fraction of sp³-hybridized carbons (Fsp3) is 0.706. The first kappa shape index (κ1) is 38.5. The summed E-state index contributed by atoms with van der Waals surface area (Å²) in [6.45, 7) is 12.7. The first-order valence-electron chi connectivity index (χ1n) is 16.2. The molecule has 3 fully saturated rings. The summed E-state index contributed by atoms with van der Waals surface area (Å²) in [5.74, 6) is -8.84. The fourth-order valence-corrected chi connectivity index (χ4v) is 8.30. The number of ketones is 1. The number of carbonyl (C=O) groups excluding carboxylic acids is 6. The number of carbonyl (C=O) groups is 6. The lowest BCUT2D eigenvalue weighted by molar-refractivity contribution is -0.269. The summed E-state index contributed by atoms with van der Waals surface area (Å²) in [5, 5.41) is 21.3. The molecular formula is C34H45ClO14. The predicted molar refractivity (Wildman–Crippen MR) is 168 cm³/mol. The van der Waals surface area contributed by atoms with Gasteiger partial charge in [0.1, 0.15) is 42.4 Å². The van der Waals surface area contributed by atoms with Crippen LogP contribution >= 0.6 is 11.6 Å². The van der Waals surface area contributed by atoms with Gasteiger partial charge in [0.25, 0.3) is 0 Å². The van der Waals surface area contributed by atoms with Crippen molar-refractivity contribution in [3.63, 3.8) is 0 Å². The number of epoxide rings is 1. The fourth-order valence-electron chi connectivity index (χ4n) is 7.98. The summed E-state index contributed by atoms with van der Waals surface area (Å²) in [6, 6.07) is 0. The minimum atomic E-state index is -2.43. The Labute approximate surface area is 289 Å². The smallest absolute Gasteiger partial charge is 0.332 e. The quantitative estimate of drug-likeness (QED) is 0.151. The van der Waals surface area contributed by atoms with Crippen LogP contribution in [0.3, 0.4) is 0 Å². The molecule has 2 saturated heterocycles. The third kappa shape index (κ3) is 6.89. The average molecular weight is 713 g/mol.